The third-order valence-corrected chi connectivity index (χ3v) is 2.06. The first kappa shape index (κ1) is 10.6. The van der Waals surface area contributed by atoms with Crippen LogP contribution in [0, 0.1) is 13.8 Å². The molecule has 0 atom stereocenters. The number of rotatable bonds is 0. The molecule has 62 valence electrons. The Hall–Kier alpha value is -0.430. The summed E-state index contributed by atoms with van der Waals surface area (Å²) in [6.07, 6.45) is 0. The smallest absolute Gasteiger partial charge is 0.00718 e. The van der Waals surface area contributed by atoms with Crippen LogP contribution in [0.3, 0.4) is 0 Å². The van der Waals surface area contributed by atoms with Gasteiger partial charge in [0.1, 0.15) is 0 Å². The van der Waals surface area contributed by atoms with Crippen molar-refractivity contribution in [3.8, 4) is 0 Å². The highest BCUT2D eigenvalue weighted by molar-refractivity contribution is 7.80. The molecule has 0 heterocycles. The third-order valence-electron chi connectivity index (χ3n) is 1.58. The summed E-state index contributed by atoms with van der Waals surface area (Å²) in [5.41, 5.74) is 2.59. The Balaban J connectivity index is 0.000000461. The van der Waals surface area contributed by atoms with Crippen LogP contribution in [0.2, 0.25) is 0 Å². The maximum Gasteiger partial charge on any atom is 0.00718 e. The van der Waals surface area contributed by atoms with Crippen LogP contribution in [-0.2, 0) is 0 Å². The summed E-state index contributed by atoms with van der Waals surface area (Å²) in [4.78, 5) is 1.08. The minimum Gasteiger partial charge on any atom is -0.143 e. The van der Waals surface area contributed by atoms with E-state index in [0.29, 0.717) is 0 Å². The second-order valence-corrected chi connectivity index (χ2v) is 2.70. The molecule has 0 fully saturated rings. The molecule has 0 aromatic heterocycles. The SMILES string of the molecule is CC.Cc1cccc(S)c1C. The van der Waals surface area contributed by atoms with Crippen molar-refractivity contribution in [2.45, 2.75) is 32.6 Å². The van der Waals surface area contributed by atoms with Crippen molar-refractivity contribution in [2.24, 2.45) is 0 Å². The Morgan fingerprint density at radius 3 is 2.00 bits per heavy atom. The molecule has 1 aromatic carbocycles. The van der Waals surface area contributed by atoms with E-state index in [1.807, 2.05) is 26.0 Å². The normalized spacial score (nSPS) is 8.45. The predicted octanol–water partition coefficient (Wildman–Crippen LogP) is 3.62. The zero-order valence-electron chi connectivity index (χ0n) is 7.68. The van der Waals surface area contributed by atoms with E-state index in [-0.39, 0.29) is 0 Å². The van der Waals surface area contributed by atoms with E-state index in [2.05, 4.69) is 32.5 Å². The van der Waals surface area contributed by atoms with Gasteiger partial charge < -0.3 is 0 Å². The molecule has 0 aliphatic carbocycles. The summed E-state index contributed by atoms with van der Waals surface area (Å²) in [5.74, 6) is 0. The van der Waals surface area contributed by atoms with Crippen LogP contribution in [0.1, 0.15) is 25.0 Å². The molecule has 0 unspecified atom stereocenters. The van der Waals surface area contributed by atoms with Crippen molar-refractivity contribution in [1.29, 1.82) is 0 Å². The van der Waals surface area contributed by atoms with Gasteiger partial charge in [0.25, 0.3) is 0 Å². The van der Waals surface area contributed by atoms with Crippen molar-refractivity contribution >= 4 is 12.6 Å². The number of hydrogen-bond donors (Lipinski definition) is 1. The van der Waals surface area contributed by atoms with Crippen LogP contribution >= 0.6 is 12.6 Å². The molecule has 0 amide bonds. The zero-order chi connectivity index (χ0) is 8.85. The van der Waals surface area contributed by atoms with Gasteiger partial charge in [-0.05, 0) is 31.0 Å². The van der Waals surface area contributed by atoms with E-state index in [1.165, 1.54) is 11.1 Å². The minimum absolute atomic E-state index is 1.08. The number of aryl methyl sites for hydroxylation is 1. The van der Waals surface area contributed by atoms with Crippen molar-refractivity contribution in [3.05, 3.63) is 29.3 Å². The molecule has 0 aliphatic heterocycles. The van der Waals surface area contributed by atoms with Gasteiger partial charge in [-0.25, -0.2) is 0 Å². The average molecular weight is 168 g/mol. The molecule has 0 N–H and O–H groups in total. The lowest BCUT2D eigenvalue weighted by Gasteiger charge is -2.00. The summed E-state index contributed by atoms with van der Waals surface area (Å²) in [5, 5.41) is 0. The largest absolute Gasteiger partial charge is 0.143 e. The molecule has 1 heteroatoms. The van der Waals surface area contributed by atoms with Crippen LogP contribution in [0.15, 0.2) is 23.1 Å². The summed E-state index contributed by atoms with van der Waals surface area (Å²) in [7, 11) is 0. The monoisotopic (exact) mass is 168 g/mol. The Morgan fingerprint density at radius 2 is 1.64 bits per heavy atom. The van der Waals surface area contributed by atoms with E-state index in [0.717, 1.165) is 4.90 Å². The molecule has 0 spiro atoms. The molecule has 11 heavy (non-hydrogen) atoms. The highest BCUT2D eigenvalue weighted by atomic mass is 32.1. The van der Waals surface area contributed by atoms with Crippen molar-refractivity contribution in [2.75, 3.05) is 0 Å². The Morgan fingerprint density at radius 1 is 1.09 bits per heavy atom. The topological polar surface area (TPSA) is 0 Å². The van der Waals surface area contributed by atoms with Gasteiger partial charge in [0.2, 0.25) is 0 Å². The molecule has 0 aliphatic rings. The molecule has 1 rings (SSSR count). The molecule has 0 bridgehead atoms. The quantitative estimate of drug-likeness (QED) is 0.562. The maximum absolute atomic E-state index is 4.27. The first-order valence-corrected chi connectivity index (χ1v) is 4.41. The van der Waals surface area contributed by atoms with Crippen LogP contribution in [0.4, 0.5) is 0 Å². The first-order valence-electron chi connectivity index (χ1n) is 3.97. The Labute approximate surface area is 75.1 Å². The van der Waals surface area contributed by atoms with E-state index < -0.39 is 0 Å². The molecule has 1 aromatic rings. The van der Waals surface area contributed by atoms with E-state index in [4.69, 9.17) is 0 Å². The van der Waals surface area contributed by atoms with Gasteiger partial charge in [-0.2, -0.15) is 0 Å². The lowest BCUT2D eigenvalue weighted by Crippen LogP contribution is -1.79. The van der Waals surface area contributed by atoms with Gasteiger partial charge in [-0.3, -0.25) is 0 Å². The Kier molecular flexibility index (Phi) is 5.05. The molecule has 0 saturated heterocycles. The number of thiol groups is 1. The second-order valence-electron chi connectivity index (χ2n) is 2.22. The fraction of sp³-hybridized carbons (Fsp3) is 0.400. The standard InChI is InChI=1S/C8H10S.C2H6/c1-6-4-3-5-8(9)7(6)2;1-2/h3-5,9H,1-2H3;1-2H3. The molecule has 0 saturated carbocycles. The van der Waals surface area contributed by atoms with Crippen LogP contribution in [0.5, 0.6) is 0 Å². The molecule has 0 radical (unpaired) electrons. The molecular formula is C10H16S. The molecular weight excluding hydrogens is 152 g/mol. The van der Waals surface area contributed by atoms with Crippen LogP contribution < -0.4 is 0 Å². The number of hydrogen-bond acceptors (Lipinski definition) is 1. The third kappa shape index (κ3) is 2.98. The van der Waals surface area contributed by atoms with Gasteiger partial charge in [-0.15, -0.1) is 12.6 Å². The lowest BCUT2D eigenvalue weighted by atomic mass is 10.1. The fourth-order valence-corrected chi connectivity index (χ4v) is 0.998. The van der Waals surface area contributed by atoms with E-state index in [1.54, 1.807) is 0 Å². The van der Waals surface area contributed by atoms with Crippen LogP contribution in [0.25, 0.3) is 0 Å². The van der Waals surface area contributed by atoms with Gasteiger partial charge in [0, 0.05) is 4.90 Å². The zero-order valence-corrected chi connectivity index (χ0v) is 8.57. The van der Waals surface area contributed by atoms with Crippen molar-refractivity contribution < 1.29 is 0 Å². The maximum atomic E-state index is 4.27. The lowest BCUT2D eigenvalue weighted by molar-refractivity contribution is 1.24. The van der Waals surface area contributed by atoms with Gasteiger partial charge in [-0.1, -0.05) is 26.0 Å². The van der Waals surface area contributed by atoms with Gasteiger partial charge in [0.05, 0.1) is 0 Å². The average Bonchev–Trinajstić information content (AvgIpc) is 2.04. The van der Waals surface area contributed by atoms with E-state index in [9.17, 15) is 0 Å². The highest BCUT2D eigenvalue weighted by Crippen LogP contribution is 2.15. The summed E-state index contributed by atoms with van der Waals surface area (Å²) in [6.45, 7) is 8.17. The first-order chi connectivity index (χ1) is 5.22. The fourth-order valence-electron chi connectivity index (χ4n) is 0.736. The number of benzene rings is 1. The second kappa shape index (κ2) is 5.25. The van der Waals surface area contributed by atoms with Gasteiger partial charge in [0.15, 0.2) is 0 Å². The van der Waals surface area contributed by atoms with E-state index >= 15 is 0 Å². The Bertz CT molecular complexity index is 196. The van der Waals surface area contributed by atoms with Crippen molar-refractivity contribution in [3.63, 3.8) is 0 Å². The summed E-state index contributed by atoms with van der Waals surface area (Å²) in [6, 6.07) is 6.12. The molecule has 0 nitrogen and oxygen atoms in total. The predicted molar refractivity (Wildman–Crippen MR) is 54.5 cm³/mol. The van der Waals surface area contributed by atoms with Crippen molar-refractivity contribution in [1.82, 2.24) is 0 Å². The van der Waals surface area contributed by atoms with Gasteiger partial charge >= 0.3 is 0 Å². The summed E-state index contributed by atoms with van der Waals surface area (Å²) >= 11 is 4.27. The van der Waals surface area contributed by atoms with Crippen LogP contribution in [-0.4, -0.2) is 0 Å². The summed E-state index contributed by atoms with van der Waals surface area (Å²) < 4.78 is 0. The highest BCUT2D eigenvalue weighted by Gasteiger charge is 1.92. The minimum atomic E-state index is 1.08.